The Morgan fingerprint density at radius 1 is 1.08 bits per heavy atom. The maximum atomic E-state index is 12.3. The minimum absolute atomic E-state index is 0.0182. The number of carbonyl (C=O) groups excluding carboxylic acids is 1. The number of rotatable bonds is 6. The van der Waals surface area contributed by atoms with Gasteiger partial charge in [0, 0.05) is 30.2 Å². The Labute approximate surface area is 148 Å². The Kier molecular flexibility index (Phi) is 5.29. The lowest BCUT2D eigenvalue weighted by Gasteiger charge is -2.13. The smallest absolute Gasteiger partial charge is 0.226 e. The van der Waals surface area contributed by atoms with Crippen LogP contribution in [0, 0.1) is 6.92 Å². The van der Waals surface area contributed by atoms with Crippen molar-refractivity contribution in [2.24, 2.45) is 0 Å². The van der Waals surface area contributed by atoms with Crippen molar-refractivity contribution in [3.05, 3.63) is 65.9 Å². The van der Waals surface area contributed by atoms with Gasteiger partial charge in [-0.15, -0.1) is 0 Å². The van der Waals surface area contributed by atoms with Gasteiger partial charge in [0.25, 0.3) is 0 Å². The molecule has 0 atom stereocenters. The minimum atomic E-state index is 0.0182. The molecule has 1 amide bonds. The van der Waals surface area contributed by atoms with Crippen LogP contribution in [0.5, 0.6) is 0 Å². The molecule has 0 bridgehead atoms. The highest BCUT2D eigenvalue weighted by molar-refractivity contribution is 5.93. The van der Waals surface area contributed by atoms with E-state index in [4.69, 9.17) is 0 Å². The number of fused-ring (bicyclic) bond motifs is 1. The van der Waals surface area contributed by atoms with E-state index in [0.29, 0.717) is 13.0 Å². The van der Waals surface area contributed by atoms with Crippen LogP contribution in [-0.2, 0) is 11.2 Å². The Hall–Kier alpha value is -2.88. The summed E-state index contributed by atoms with van der Waals surface area (Å²) in [4.78, 5) is 16.7. The Balaban J connectivity index is 1.62. The molecule has 0 saturated heterocycles. The number of anilines is 2. The standard InChI is InChI=1S/C21H23N3O/c1-3-16-8-4-7-15(2)20(16)24-19(25)12-14-22-18-11-5-9-17-10-6-13-23-21(17)18/h4-11,13,22H,3,12,14H2,1-2H3,(H,24,25). The molecule has 0 spiro atoms. The molecule has 0 aliphatic heterocycles. The summed E-state index contributed by atoms with van der Waals surface area (Å²) >= 11 is 0. The van der Waals surface area contributed by atoms with E-state index >= 15 is 0 Å². The minimum Gasteiger partial charge on any atom is -0.383 e. The maximum absolute atomic E-state index is 12.3. The molecule has 0 aliphatic rings. The number of nitrogens with one attached hydrogen (secondary N) is 2. The molecule has 25 heavy (non-hydrogen) atoms. The first kappa shape index (κ1) is 17.0. The quantitative estimate of drug-likeness (QED) is 0.696. The number of carbonyl (C=O) groups is 1. The van der Waals surface area contributed by atoms with Crippen LogP contribution in [0.3, 0.4) is 0 Å². The van der Waals surface area contributed by atoms with Gasteiger partial charge in [-0.3, -0.25) is 9.78 Å². The lowest BCUT2D eigenvalue weighted by Crippen LogP contribution is -2.18. The number of aromatic nitrogens is 1. The molecule has 2 aromatic carbocycles. The SMILES string of the molecule is CCc1cccc(C)c1NC(=O)CCNc1cccc2cccnc12. The summed E-state index contributed by atoms with van der Waals surface area (Å²) in [5.74, 6) is 0.0182. The van der Waals surface area contributed by atoms with E-state index in [9.17, 15) is 4.79 Å². The molecule has 0 aliphatic carbocycles. The van der Waals surface area contributed by atoms with Gasteiger partial charge in [0.2, 0.25) is 5.91 Å². The molecule has 0 unspecified atom stereocenters. The van der Waals surface area contributed by atoms with Crippen molar-refractivity contribution < 1.29 is 4.79 Å². The largest absolute Gasteiger partial charge is 0.383 e. The highest BCUT2D eigenvalue weighted by atomic mass is 16.1. The fraction of sp³-hybridized carbons (Fsp3) is 0.238. The Bertz CT molecular complexity index is 884. The monoisotopic (exact) mass is 333 g/mol. The average molecular weight is 333 g/mol. The summed E-state index contributed by atoms with van der Waals surface area (Å²) in [5.41, 5.74) is 5.09. The Morgan fingerprint density at radius 2 is 1.88 bits per heavy atom. The van der Waals surface area contributed by atoms with Crippen molar-refractivity contribution in [2.45, 2.75) is 26.7 Å². The van der Waals surface area contributed by atoms with Crippen LogP contribution >= 0.6 is 0 Å². The zero-order chi connectivity index (χ0) is 17.6. The van der Waals surface area contributed by atoms with Gasteiger partial charge in [0.15, 0.2) is 0 Å². The summed E-state index contributed by atoms with van der Waals surface area (Å²) in [6.07, 6.45) is 3.09. The summed E-state index contributed by atoms with van der Waals surface area (Å²) in [6.45, 7) is 4.68. The van der Waals surface area contributed by atoms with E-state index in [1.54, 1.807) is 6.20 Å². The number of hydrogen-bond donors (Lipinski definition) is 2. The third-order valence-corrected chi connectivity index (χ3v) is 4.30. The fourth-order valence-corrected chi connectivity index (χ4v) is 2.96. The van der Waals surface area contributed by atoms with Gasteiger partial charge in [-0.25, -0.2) is 0 Å². The second-order valence-corrected chi connectivity index (χ2v) is 6.07. The molecule has 3 rings (SSSR count). The van der Waals surface area contributed by atoms with E-state index in [1.165, 1.54) is 5.56 Å². The molecule has 0 saturated carbocycles. The number of hydrogen-bond acceptors (Lipinski definition) is 3. The van der Waals surface area contributed by atoms with Crippen LogP contribution in [0.15, 0.2) is 54.7 Å². The molecule has 0 fully saturated rings. The molecular weight excluding hydrogens is 310 g/mol. The second kappa shape index (κ2) is 7.79. The highest BCUT2D eigenvalue weighted by Crippen LogP contribution is 2.22. The molecule has 4 heteroatoms. The fourth-order valence-electron chi connectivity index (χ4n) is 2.96. The molecule has 3 aromatic rings. The molecule has 128 valence electrons. The lowest BCUT2D eigenvalue weighted by atomic mass is 10.1. The molecule has 1 aromatic heterocycles. The number of benzene rings is 2. The number of amides is 1. The van der Waals surface area contributed by atoms with Crippen LogP contribution < -0.4 is 10.6 Å². The molecule has 4 nitrogen and oxygen atoms in total. The van der Waals surface area contributed by atoms with Gasteiger partial charge >= 0.3 is 0 Å². The second-order valence-electron chi connectivity index (χ2n) is 6.07. The average Bonchev–Trinajstić information content (AvgIpc) is 2.63. The number of pyridine rings is 1. The van der Waals surface area contributed by atoms with E-state index in [1.807, 2.05) is 49.4 Å². The maximum Gasteiger partial charge on any atom is 0.226 e. The van der Waals surface area contributed by atoms with Gasteiger partial charge in [-0.05, 0) is 36.6 Å². The molecule has 0 radical (unpaired) electrons. The van der Waals surface area contributed by atoms with Crippen LogP contribution in [0.2, 0.25) is 0 Å². The van der Waals surface area contributed by atoms with Crippen molar-refractivity contribution in [3.8, 4) is 0 Å². The predicted octanol–water partition coefficient (Wildman–Crippen LogP) is 4.55. The number of nitrogens with zero attached hydrogens (tertiary/aromatic N) is 1. The summed E-state index contributed by atoms with van der Waals surface area (Å²) < 4.78 is 0. The van der Waals surface area contributed by atoms with E-state index in [0.717, 1.165) is 34.3 Å². The van der Waals surface area contributed by atoms with Crippen molar-refractivity contribution in [1.29, 1.82) is 0 Å². The summed E-state index contributed by atoms with van der Waals surface area (Å²) in [5, 5.41) is 7.47. The third-order valence-electron chi connectivity index (χ3n) is 4.30. The summed E-state index contributed by atoms with van der Waals surface area (Å²) in [7, 11) is 0. The van der Waals surface area contributed by atoms with Crippen LogP contribution in [0.25, 0.3) is 10.9 Å². The van der Waals surface area contributed by atoms with Crippen LogP contribution in [0.4, 0.5) is 11.4 Å². The third kappa shape index (κ3) is 3.97. The summed E-state index contributed by atoms with van der Waals surface area (Å²) in [6, 6.07) is 16.1. The zero-order valence-electron chi connectivity index (χ0n) is 14.7. The van der Waals surface area contributed by atoms with E-state index in [2.05, 4.69) is 28.6 Å². The molecule has 1 heterocycles. The lowest BCUT2D eigenvalue weighted by molar-refractivity contribution is -0.115. The van der Waals surface area contributed by atoms with Crippen molar-refractivity contribution in [1.82, 2.24) is 4.98 Å². The van der Waals surface area contributed by atoms with Crippen LogP contribution in [0.1, 0.15) is 24.5 Å². The molecular formula is C21H23N3O. The van der Waals surface area contributed by atoms with Gasteiger partial charge in [0.05, 0.1) is 11.2 Å². The predicted molar refractivity (Wildman–Crippen MR) is 104 cm³/mol. The first-order chi connectivity index (χ1) is 12.2. The van der Waals surface area contributed by atoms with Gasteiger partial charge in [-0.2, -0.15) is 0 Å². The van der Waals surface area contributed by atoms with Gasteiger partial charge in [-0.1, -0.05) is 43.3 Å². The van der Waals surface area contributed by atoms with Gasteiger partial charge < -0.3 is 10.6 Å². The topological polar surface area (TPSA) is 54.0 Å². The van der Waals surface area contributed by atoms with Crippen molar-refractivity contribution >= 4 is 28.2 Å². The molecule has 2 N–H and O–H groups in total. The highest BCUT2D eigenvalue weighted by Gasteiger charge is 2.09. The van der Waals surface area contributed by atoms with Crippen molar-refractivity contribution in [2.75, 3.05) is 17.2 Å². The van der Waals surface area contributed by atoms with Crippen molar-refractivity contribution in [3.63, 3.8) is 0 Å². The normalized spacial score (nSPS) is 10.6. The van der Waals surface area contributed by atoms with E-state index in [-0.39, 0.29) is 5.91 Å². The first-order valence-corrected chi connectivity index (χ1v) is 8.65. The zero-order valence-corrected chi connectivity index (χ0v) is 14.7. The first-order valence-electron chi connectivity index (χ1n) is 8.65. The van der Waals surface area contributed by atoms with E-state index < -0.39 is 0 Å². The van der Waals surface area contributed by atoms with Crippen LogP contribution in [-0.4, -0.2) is 17.4 Å². The number of para-hydroxylation sites is 2. The van der Waals surface area contributed by atoms with Gasteiger partial charge in [0.1, 0.15) is 0 Å². The Morgan fingerprint density at radius 3 is 2.72 bits per heavy atom. The number of aryl methyl sites for hydroxylation is 2.